The molecule has 4 rings (SSSR count). The molecule has 3 aromatic heterocycles. The van der Waals surface area contributed by atoms with Gasteiger partial charge in [0, 0.05) is 11.9 Å². The van der Waals surface area contributed by atoms with Gasteiger partial charge in [-0.2, -0.15) is 5.10 Å². The van der Waals surface area contributed by atoms with Gasteiger partial charge in [0.25, 0.3) is 5.91 Å². The van der Waals surface area contributed by atoms with E-state index in [1.807, 2.05) is 45.2 Å². The number of hydrazone groups is 1. The van der Waals surface area contributed by atoms with Crippen LogP contribution in [-0.2, 0) is 16.1 Å². The second kappa shape index (κ2) is 10.3. The molecule has 3 amide bonds. The lowest BCUT2D eigenvalue weighted by Crippen LogP contribution is -2.34. The van der Waals surface area contributed by atoms with Crippen molar-refractivity contribution in [3.63, 3.8) is 0 Å². The van der Waals surface area contributed by atoms with Gasteiger partial charge in [0.2, 0.25) is 0 Å². The number of pyridine rings is 1. The first-order valence-corrected chi connectivity index (χ1v) is 11.2. The Morgan fingerprint density at radius 3 is 2.58 bits per heavy atom. The molecule has 0 saturated carbocycles. The van der Waals surface area contributed by atoms with Crippen LogP contribution in [0.3, 0.4) is 0 Å². The number of benzene rings is 1. The Kier molecular flexibility index (Phi) is 6.95. The van der Waals surface area contributed by atoms with Crippen LogP contribution in [0.5, 0.6) is 0 Å². The van der Waals surface area contributed by atoms with Gasteiger partial charge in [-0.15, -0.1) is 0 Å². The lowest BCUT2D eigenvalue weighted by Gasteiger charge is -2.07. The minimum absolute atomic E-state index is 0.0136. The van der Waals surface area contributed by atoms with Crippen molar-refractivity contribution in [3.8, 4) is 0 Å². The minimum Gasteiger partial charge on any atom is -0.458 e. The molecule has 3 N–H and O–H groups in total. The first-order valence-electron chi connectivity index (χ1n) is 11.2. The molecular formula is C26H26N6O4. The number of nitrogens with zero attached hydrogens (tertiary/aromatic N) is 3. The van der Waals surface area contributed by atoms with E-state index in [-0.39, 0.29) is 6.54 Å². The second-order valence-corrected chi connectivity index (χ2v) is 8.42. The van der Waals surface area contributed by atoms with Gasteiger partial charge in [-0.05, 0) is 74.7 Å². The molecule has 0 aliphatic rings. The third kappa shape index (κ3) is 5.49. The maximum atomic E-state index is 12.7. The van der Waals surface area contributed by atoms with E-state index in [4.69, 9.17) is 4.42 Å². The smallest absolute Gasteiger partial charge is 0.313 e. The third-order valence-electron chi connectivity index (χ3n) is 5.59. The summed E-state index contributed by atoms with van der Waals surface area (Å²) in [6, 6.07) is 12.5. The highest BCUT2D eigenvalue weighted by molar-refractivity contribution is 6.39. The largest absolute Gasteiger partial charge is 0.458 e. The van der Waals surface area contributed by atoms with E-state index in [1.165, 1.54) is 6.21 Å². The van der Waals surface area contributed by atoms with Gasteiger partial charge in [0.1, 0.15) is 22.9 Å². The highest BCUT2D eigenvalue weighted by Crippen LogP contribution is 2.15. The molecule has 0 unspecified atom stereocenters. The van der Waals surface area contributed by atoms with Crippen LogP contribution in [0.4, 0.5) is 5.69 Å². The lowest BCUT2D eigenvalue weighted by molar-refractivity contribution is -0.136. The molecule has 184 valence electrons. The van der Waals surface area contributed by atoms with Crippen LogP contribution < -0.4 is 16.1 Å². The van der Waals surface area contributed by atoms with Crippen LogP contribution in [0.25, 0.3) is 5.65 Å². The molecule has 0 fully saturated rings. The van der Waals surface area contributed by atoms with E-state index in [0.29, 0.717) is 34.2 Å². The second-order valence-electron chi connectivity index (χ2n) is 8.42. The van der Waals surface area contributed by atoms with Crippen molar-refractivity contribution in [1.29, 1.82) is 0 Å². The summed E-state index contributed by atoms with van der Waals surface area (Å²) < 4.78 is 7.30. The molecule has 0 atom stereocenters. The van der Waals surface area contributed by atoms with Crippen molar-refractivity contribution < 1.29 is 18.8 Å². The SMILES string of the molecule is Cc1ccc2nc(C)c(C(=O)N/N=C/c3ccc(CNC(=O)C(=O)Nc4ccc(C)c(C)c4)o3)n2c1. The maximum Gasteiger partial charge on any atom is 0.313 e. The minimum atomic E-state index is -0.786. The topological polar surface area (TPSA) is 130 Å². The molecule has 10 heteroatoms. The van der Waals surface area contributed by atoms with E-state index < -0.39 is 17.7 Å². The van der Waals surface area contributed by atoms with Gasteiger partial charge in [0.15, 0.2) is 0 Å². The van der Waals surface area contributed by atoms with Crippen LogP contribution in [0.15, 0.2) is 58.2 Å². The highest BCUT2D eigenvalue weighted by atomic mass is 16.3. The Hall–Kier alpha value is -4.73. The van der Waals surface area contributed by atoms with Crippen LogP contribution in [0.1, 0.15) is 44.4 Å². The van der Waals surface area contributed by atoms with Crippen molar-refractivity contribution in [2.24, 2.45) is 5.10 Å². The van der Waals surface area contributed by atoms with E-state index in [0.717, 1.165) is 16.7 Å². The van der Waals surface area contributed by atoms with Gasteiger partial charge in [0.05, 0.1) is 18.5 Å². The van der Waals surface area contributed by atoms with Crippen molar-refractivity contribution in [1.82, 2.24) is 20.1 Å². The number of carbonyl (C=O) groups excluding carboxylic acids is 3. The normalized spacial score (nSPS) is 11.1. The zero-order valence-corrected chi connectivity index (χ0v) is 20.4. The molecule has 3 heterocycles. The number of anilines is 1. The number of imidazole rings is 1. The summed E-state index contributed by atoms with van der Waals surface area (Å²) in [5.41, 5.74) is 7.78. The Morgan fingerprint density at radius 1 is 1.00 bits per heavy atom. The first kappa shape index (κ1) is 24.4. The fraction of sp³-hybridized carbons (Fsp3) is 0.192. The number of hydrogen-bond acceptors (Lipinski definition) is 6. The zero-order chi connectivity index (χ0) is 25.8. The Balaban J connectivity index is 1.30. The van der Waals surface area contributed by atoms with Gasteiger partial charge in [-0.3, -0.25) is 18.8 Å². The predicted molar refractivity (Wildman–Crippen MR) is 135 cm³/mol. The van der Waals surface area contributed by atoms with E-state index in [2.05, 4.69) is 26.1 Å². The standard InChI is InChI=1S/C26H26N6O4/c1-15-5-10-22-29-18(4)23(32(22)14-15)24(33)31-28-13-21-9-8-20(36-21)12-27-25(34)26(35)30-19-7-6-16(2)17(3)11-19/h5-11,13-14H,12H2,1-4H3,(H,27,34)(H,30,35)(H,31,33)/b28-13+. The Labute approximate surface area is 207 Å². The van der Waals surface area contributed by atoms with Crippen molar-refractivity contribution >= 4 is 35.3 Å². The molecule has 0 spiro atoms. The fourth-order valence-corrected chi connectivity index (χ4v) is 3.56. The lowest BCUT2D eigenvalue weighted by atomic mass is 10.1. The molecule has 0 aliphatic carbocycles. The molecule has 4 aromatic rings. The number of fused-ring (bicyclic) bond motifs is 1. The number of amides is 3. The molecular weight excluding hydrogens is 460 g/mol. The summed E-state index contributed by atoms with van der Waals surface area (Å²) in [7, 11) is 0. The van der Waals surface area contributed by atoms with Crippen LogP contribution >= 0.6 is 0 Å². The summed E-state index contributed by atoms with van der Waals surface area (Å²) in [5, 5.41) is 9.03. The molecule has 0 bridgehead atoms. The number of nitrogens with one attached hydrogen (secondary N) is 3. The van der Waals surface area contributed by atoms with Crippen LogP contribution in [0, 0.1) is 27.7 Å². The van der Waals surface area contributed by atoms with Crippen LogP contribution in [-0.4, -0.2) is 33.3 Å². The number of furan rings is 1. The maximum absolute atomic E-state index is 12.7. The Bertz CT molecular complexity index is 1500. The molecule has 0 aliphatic heterocycles. The quantitative estimate of drug-likeness (QED) is 0.219. The highest BCUT2D eigenvalue weighted by Gasteiger charge is 2.17. The summed E-state index contributed by atoms with van der Waals surface area (Å²) >= 11 is 0. The van der Waals surface area contributed by atoms with Crippen molar-refractivity contribution in [3.05, 3.63) is 88.3 Å². The van der Waals surface area contributed by atoms with Gasteiger partial charge in [-0.1, -0.05) is 12.1 Å². The monoisotopic (exact) mass is 486 g/mol. The average molecular weight is 487 g/mol. The zero-order valence-electron chi connectivity index (χ0n) is 20.4. The molecule has 1 aromatic carbocycles. The number of aromatic nitrogens is 2. The van der Waals surface area contributed by atoms with Crippen molar-refractivity contribution in [2.75, 3.05) is 5.32 Å². The fourth-order valence-electron chi connectivity index (χ4n) is 3.56. The molecule has 36 heavy (non-hydrogen) atoms. The molecule has 0 saturated heterocycles. The van der Waals surface area contributed by atoms with Gasteiger partial charge in [-0.25, -0.2) is 10.4 Å². The third-order valence-corrected chi connectivity index (χ3v) is 5.59. The first-order chi connectivity index (χ1) is 17.2. The number of hydrogen-bond donors (Lipinski definition) is 3. The van der Waals surface area contributed by atoms with E-state index in [9.17, 15) is 14.4 Å². The van der Waals surface area contributed by atoms with E-state index >= 15 is 0 Å². The van der Waals surface area contributed by atoms with E-state index in [1.54, 1.807) is 35.6 Å². The predicted octanol–water partition coefficient (Wildman–Crippen LogP) is 3.18. The average Bonchev–Trinajstić information content (AvgIpc) is 3.42. The Morgan fingerprint density at radius 2 is 1.81 bits per heavy atom. The summed E-state index contributed by atoms with van der Waals surface area (Å²) in [5.74, 6) is -1.18. The molecule has 0 radical (unpaired) electrons. The van der Waals surface area contributed by atoms with Gasteiger partial charge >= 0.3 is 11.8 Å². The number of rotatable bonds is 6. The summed E-state index contributed by atoms with van der Waals surface area (Å²) in [6.45, 7) is 7.60. The summed E-state index contributed by atoms with van der Waals surface area (Å²) in [6.07, 6.45) is 3.18. The summed E-state index contributed by atoms with van der Waals surface area (Å²) in [4.78, 5) is 41.3. The van der Waals surface area contributed by atoms with Crippen LogP contribution in [0.2, 0.25) is 0 Å². The van der Waals surface area contributed by atoms with Gasteiger partial charge < -0.3 is 15.1 Å². The van der Waals surface area contributed by atoms with Crippen molar-refractivity contribution in [2.45, 2.75) is 34.2 Å². The molecule has 10 nitrogen and oxygen atoms in total. The number of carbonyl (C=O) groups is 3. The number of aryl methyl sites for hydroxylation is 4.